The largest absolute Gasteiger partial charge is 0.256 e. The molecular weight excluding hydrogens is 340 g/mol. The van der Waals surface area contributed by atoms with Gasteiger partial charge in [-0.1, -0.05) is 97.1 Å². The minimum absolute atomic E-state index is 0.925. The fourth-order valence-electron chi connectivity index (χ4n) is 2.99. The zero-order valence-corrected chi connectivity index (χ0v) is 15.4. The van der Waals surface area contributed by atoms with Crippen molar-refractivity contribution in [1.82, 2.24) is 0 Å². The summed E-state index contributed by atoms with van der Waals surface area (Å²) in [5.74, 6) is 0. The quantitative estimate of drug-likeness (QED) is 0.348. The maximum Gasteiger partial charge on any atom is 0.0709 e. The van der Waals surface area contributed by atoms with Crippen LogP contribution in [0.1, 0.15) is 11.1 Å². The van der Waals surface area contributed by atoms with Crippen LogP contribution in [-0.2, 0) is 0 Å². The molecule has 0 atom stereocenters. The second kappa shape index (κ2) is 8.74. The Hall–Kier alpha value is -3.78. The van der Waals surface area contributed by atoms with Gasteiger partial charge in [0.05, 0.1) is 11.4 Å². The Balaban J connectivity index is 1.71. The maximum absolute atomic E-state index is 4.74. The Kier molecular flexibility index (Phi) is 5.50. The number of benzene rings is 4. The first kappa shape index (κ1) is 17.6. The molecule has 0 aromatic heterocycles. The second-order valence-corrected chi connectivity index (χ2v) is 6.37. The van der Waals surface area contributed by atoms with Crippen LogP contribution in [0.2, 0.25) is 0 Å². The van der Waals surface area contributed by atoms with E-state index >= 15 is 0 Å². The summed E-state index contributed by atoms with van der Waals surface area (Å²) in [4.78, 5) is 9.47. The average molecular weight is 360 g/mol. The van der Waals surface area contributed by atoms with E-state index in [0.29, 0.717) is 0 Å². The van der Waals surface area contributed by atoms with Crippen LogP contribution in [0.15, 0.2) is 119 Å². The third kappa shape index (κ3) is 4.30. The van der Waals surface area contributed by atoms with Crippen molar-refractivity contribution in [3.8, 4) is 11.1 Å². The van der Waals surface area contributed by atoms with Crippen LogP contribution in [0.4, 0.5) is 11.4 Å². The first-order chi connectivity index (χ1) is 13.9. The zero-order valence-electron chi connectivity index (χ0n) is 15.4. The predicted molar refractivity (Wildman–Crippen MR) is 119 cm³/mol. The first-order valence-electron chi connectivity index (χ1n) is 9.27. The van der Waals surface area contributed by atoms with E-state index < -0.39 is 0 Å². The summed E-state index contributed by atoms with van der Waals surface area (Å²) in [6, 6.07) is 36.6. The van der Waals surface area contributed by atoms with Crippen LogP contribution in [0.3, 0.4) is 0 Å². The highest BCUT2D eigenvalue weighted by Gasteiger charge is 2.07. The summed E-state index contributed by atoms with van der Waals surface area (Å²) in [7, 11) is 0. The monoisotopic (exact) mass is 360 g/mol. The van der Waals surface area contributed by atoms with Crippen LogP contribution >= 0.6 is 0 Å². The lowest BCUT2D eigenvalue weighted by Gasteiger charge is -2.09. The van der Waals surface area contributed by atoms with Crippen molar-refractivity contribution in [2.24, 2.45) is 9.98 Å². The summed E-state index contributed by atoms with van der Waals surface area (Å²) in [5.41, 5.74) is 6.13. The van der Waals surface area contributed by atoms with Crippen molar-refractivity contribution >= 4 is 23.8 Å². The van der Waals surface area contributed by atoms with Gasteiger partial charge in [-0.2, -0.15) is 0 Å². The lowest BCUT2D eigenvalue weighted by Crippen LogP contribution is -1.84. The van der Waals surface area contributed by atoms with Crippen molar-refractivity contribution in [1.29, 1.82) is 0 Å². The van der Waals surface area contributed by atoms with Gasteiger partial charge in [0.2, 0.25) is 0 Å². The smallest absolute Gasteiger partial charge is 0.0709 e. The predicted octanol–water partition coefficient (Wildman–Crippen LogP) is 6.85. The molecule has 134 valence electrons. The molecule has 0 aliphatic heterocycles. The third-order valence-electron chi connectivity index (χ3n) is 4.40. The van der Waals surface area contributed by atoms with E-state index in [9.17, 15) is 0 Å². The van der Waals surface area contributed by atoms with Gasteiger partial charge in [-0.3, -0.25) is 9.98 Å². The molecule has 0 saturated carbocycles. The minimum Gasteiger partial charge on any atom is -0.256 e. The lowest BCUT2D eigenvalue weighted by molar-refractivity contribution is 1.47. The van der Waals surface area contributed by atoms with Gasteiger partial charge in [-0.25, -0.2) is 0 Å². The number of nitrogens with zero attached hydrogens (tertiary/aromatic N) is 2. The van der Waals surface area contributed by atoms with Crippen molar-refractivity contribution in [3.63, 3.8) is 0 Å². The molecular formula is C26H20N2. The van der Waals surface area contributed by atoms with E-state index in [1.807, 2.05) is 109 Å². The molecule has 4 rings (SSSR count). The normalized spacial score (nSPS) is 11.3. The van der Waals surface area contributed by atoms with E-state index in [0.717, 1.165) is 33.6 Å². The summed E-state index contributed by atoms with van der Waals surface area (Å²) in [6.45, 7) is 0. The van der Waals surface area contributed by atoms with Gasteiger partial charge in [0.15, 0.2) is 0 Å². The molecule has 0 aliphatic carbocycles. The molecule has 28 heavy (non-hydrogen) atoms. The number of aliphatic imine (C=N–C) groups is 2. The van der Waals surface area contributed by atoms with Crippen molar-refractivity contribution in [2.45, 2.75) is 0 Å². The van der Waals surface area contributed by atoms with E-state index in [2.05, 4.69) is 12.1 Å². The van der Waals surface area contributed by atoms with Gasteiger partial charge < -0.3 is 0 Å². The van der Waals surface area contributed by atoms with Gasteiger partial charge in [-0.05, 0) is 23.3 Å². The Morgan fingerprint density at radius 3 is 1.18 bits per heavy atom. The number of rotatable bonds is 5. The lowest BCUT2D eigenvalue weighted by atomic mass is 10.0. The van der Waals surface area contributed by atoms with Crippen LogP contribution in [0.25, 0.3) is 11.1 Å². The van der Waals surface area contributed by atoms with E-state index in [4.69, 9.17) is 9.98 Å². The second-order valence-electron chi connectivity index (χ2n) is 6.37. The minimum atomic E-state index is 0.925. The van der Waals surface area contributed by atoms with E-state index in [1.54, 1.807) is 0 Å². The van der Waals surface area contributed by atoms with Gasteiger partial charge in [0.25, 0.3) is 0 Å². The number of hydrogen-bond acceptors (Lipinski definition) is 2. The molecule has 0 amide bonds. The topological polar surface area (TPSA) is 24.7 Å². The molecule has 0 unspecified atom stereocenters. The highest BCUT2D eigenvalue weighted by molar-refractivity contribution is 5.90. The SMILES string of the molecule is C(=Nc1ccccc1-c1ccccc1N=Cc1ccccc1)c1ccccc1. The van der Waals surface area contributed by atoms with Gasteiger partial charge in [0, 0.05) is 23.6 Å². The molecule has 0 spiro atoms. The maximum atomic E-state index is 4.74. The molecule has 0 aliphatic rings. The molecule has 4 aromatic carbocycles. The Morgan fingerprint density at radius 1 is 0.393 bits per heavy atom. The highest BCUT2D eigenvalue weighted by atomic mass is 14.7. The molecule has 0 fully saturated rings. The van der Waals surface area contributed by atoms with Gasteiger partial charge >= 0.3 is 0 Å². The number of para-hydroxylation sites is 2. The average Bonchev–Trinajstić information content (AvgIpc) is 2.78. The van der Waals surface area contributed by atoms with Crippen LogP contribution in [0, 0.1) is 0 Å². The molecule has 2 nitrogen and oxygen atoms in total. The summed E-state index contributed by atoms with van der Waals surface area (Å²) >= 11 is 0. The fraction of sp³-hybridized carbons (Fsp3) is 0. The third-order valence-corrected chi connectivity index (χ3v) is 4.40. The Morgan fingerprint density at radius 2 is 0.750 bits per heavy atom. The van der Waals surface area contributed by atoms with Gasteiger partial charge in [0.1, 0.15) is 0 Å². The summed E-state index contributed by atoms with van der Waals surface area (Å²) < 4.78 is 0. The van der Waals surface area contributed by atoms with Crippen LogP contribution in [-0.4, -0.2) is 12.4 Å². The van der Waals surface area contributed by atoms with Crippen molar-refractivity contribution < 1.29 is 0 Å². The highest BCUT2D eigenvalue weighted by Crippen LogP contribution is 2.36. The van der Waals surface area contributed by atoms with Crippen molar-refractivity contribution in [2.75, 3.05) is 0 Å². The zero-order chi connectivity index (χ0) is 19.0. The summed E-state index contributed by atoms with van der Waals surface area (Å²) in [5, 5.41) is 0. The van der Waals surface area contributed by atoms with E-state index in [1.165, 1.54) is 0 Å². The Labute approximate surface area is 165 Å². The fourth-order valence-corrected chi connectivity index (χ4v) is 2.99. The molecule has 2 heteroatoms. The first-order valence-corrected chi connectivity index (χ1v) is 9.27. The van der Waals surface area contributed by atoms with Gasteiger partial charge in [-0.15, -0.1) is 0 Å². The number of hydrogen-bond donors (Lipinski definition) is 0. The molecule has 0 saturated heterocycles. The molecule has 0 N–H and O–H groups in total. The summed E-state index contributed by atoms with van der Waals surface area (Å²) in [6.07, 6.45) is 3.80. The molecule has 0 bridgehead atoms. The molecule has 0 radical (unpaired) electrons. The molecule has 4 aromatic rings. The van der Waals surface area contributed by atoms with Crippen LogP contribution < -0.4 is 0 Å². The van der Waals surface area contributed by atoms with E-state index in [-0.39, 0.29) is 0 Å². The van der Waals surface area contributed by atoms with Crippen molar-refractivity contribution in [3.05, 3.63) is 120 Å². The standard InChI is InChI=1S/C26H20N2/c1-3-11-21(12-4-1)19-27-25-17-9-7-15-23(25)24-16-8-10-18-26(24)28-20-22-13-5-2-6-14-22/h1-20H. The molecule has 0 heterocycles. The van der Waals surface area contributed by atoms with Crippen LogP contribution in [0.5, 0.6) is 0 Å². The Bertz CT molecular complexity index is 1010.